The van der Waals surface area contributed by atoms with Gasteiger partial charge in [0.15, 0.2) is 11.3 Å². The summed E-state index contributed by atoms with van der Waals surface area (Å²) in [5.74, 6) is -0.485. The Kier molecular flexibility index (Phi) is 6.53. The number of nitrogens with zero attached hydrogens (tertiary/aromatic N) is 4. The molecule has 0 saturated carbocycles. The summed E-state index contributed by atoms with van der Waals surface area (Å²) in [5, 5.41) is 18.7. The minimum Gasteiger partial charge on any atom is -0.320 e. The highest BCUT2D eigenvalue weighted by Gasteiger charge is 2.17. The molecule has 0 fully saturated rings. The van der Waals surface area contributed by atoms with Crippen molar-refractivity contribution in [2.45, 2.75) is 16.7 Å². The highest BCUT2D eigenvalue weighted by Crippen LogP contribution is 2.33. The molecule has 2 heterocycles. The number of non-ortho nitro benzene ring substituents is 1. The molecule has 36 heavy (non-hydrogen) atoms. The highest BCUT2D eigenvalue weighted by molar-refractivity contribution is 9.10. The van der Waals surface area contributed by atoms with Crippen molar-refractivity contribution in [2.75, 3.05) is 5.32 Å². The first-order chi connectivity index (χ1) is 17.4. The molecule has 0 radical (unpaired) electrons. The van der Waals surface area contributed by atoms with Crippen LogP contribution in [0.2, 0.25) is 0 Å². The fourth-order valence-corrected chi connectivity index (χ4v) is 4.82. The molecule has 0 bridgehead atoms. The number of fused-ring (bicyclic) bond motifs is 1. The zero-order valence-electron chi connectivity index (χ0n) is 18.9. The number of halogens is 1. The lowest BCUT2D eigenvalue weighted by Crippen LogP contribution is -2.13. The predicted octanol–water partition coefficient (Wildman–Crippen LogP) is 6.78. The maximum atomic E-state index is 13.0. The van der Waals surface area contributed by atoms with Crippen molar-refractivity contribution >= 4 is 50.6 Å². The largest absolute Gasteiger partial charge is 0.320 e. The van der Waals surface area contributed by atoms with Gasteiger partial charge < -0.3 is 5.32 Å². The average Bonchev–Trinajstić information content (AvgIpc) is 3.31. The van der Waals surface area contributed by atoms with E-state index in [9.17, 15) is 14.9 Å². The number of hydrogen-bond acceptors (Lipinski definition) is 6. The summed E-state index contributed by atoms with van der Waals surface area (Å²) in [5.41, 5.74) is 3.44. The van der Waals surface area contributed by atoms with Gasteiger partial charge in [-0.3, -0.25) is 14.9 Å². The van der Waals surface area contributed by atoms with Gasteiger partial charge >= 0.3 is 0 Å². The van der Waals surface area contributed by atoms with Gasteiger partial charge in [-0.25, -0.2) is 9.50 Å². The zero-order chi connectivity index (χ0) is 25.2. The molecule has 178 valence electrons. The van der Waals surface area contributed by atoms with E-state index in [0.29, 0.717) is 16.2 Å². The van der Waals surface area contributed by atoms with Gasteiger partial charge in [0, 0.05) is 49.4 Å². The Morgan fingerprint density at radius 2 is 1.75 bits per heavy atom. The van der Waals surface area contributed by atoms with Gasteiger partial charge in [0.2, 0.25) is 0 Å². The first-order valence-electron chi connectivity index (χ1n) is 10.8. The standard InChI is InChI=1S/C26H18BrN5O3S/c1-16-11-23(17-5-3-2-4-6-17)29-25-15-24(30-31(16)25)26(33)28-19-12-20(32(34)35)14-22(13-19)36-21-9-7-18(27)8-10-21/h2-15H,1H3,(H,28,33). The van der Waals surface area contributed by atoms with E-state index in [1.54, 1.807) is 16.6 Å². The normalized spacial score (nSPS) is 10.9. The van der Waals surface area contributed by atoms with Crippen molar-refractivity contribution < 1.29 is 9.72 Å². The second kappa shape index (κ2) is 9.92. The quantitative estimate of drug-likeness (QED) is 0.182. The number of carbonyl (C=O) groups is 1. The molecule has 1 amide bonds. The van der Waals surface area contributed by atoms with Gasteiger partial charge in [-0.1, -0.05) is 58.0 Å². The van der Waals surface area contributed by atoms with Crippen LogP contribution in [-0.4, -0.2) is 25.4 Å². The van der Waals surface area contributed by atoms with Crippen LogP contribution in [0, 0.1) is 17.0 Å². The molecule has 0 aliphatic rings. The smallest absolute Gasteiger partial charge is 0.276 e. The second-order valence-electron chi connectivity index (χ2n) is 7.93. The van der Waals surface area contributed by atoms with Crippen molar-refractivity contribution in [3.8, 4) is 11.3 Å². The number of carbonyl (C=O) groups excluding carboxylic acids is 1. The van der Waals surface area contributed by atoms with Crippen LogP contribution >= 0.6 is 27.7 Å². The van der Waals surface area contributed by atoms with Crippen LogP contribution < -0.4 is 5.32 Å². The fraction of sp³-hybridized carbons (Fsp3) is 0.0385. The Bertz CT molecular complexity index is 1600. The van der Waals surface area contributed by atoms with Crippen LogP contribution in [0.4, 0.5) is 11.4 Å². The van der Waals surface area contributed by atoms with Crippen molar-refractivity contribution in [2.24, 2.45) is 0 Å². The Balaban J connectivity index is 1.43. The fourth-order valence-electron chi connectivity index (χ4n) is 3.65. The predicted molar refractivity (Wildman–Crippen MR) is 142 cm³/mol. The maximum absolute atomic E-state index is 13.0. The van der Waals surface area contributed by atoms with E-state index in [-0.39, 0.29) is 11.4 Å². The molecule has 3 aromatic carbocycles. The van der Waals surface area contributed by atoms with Gasteiger partial charge in [0.05, 0.1) is 10.6 Å². The molecule has 8 nitrogen and oxygen atoms in total. The minimum absolute atomic E-state index is 0.118. The van der Waals surface area contributed by atoms with Crippen LogP contribution in [0.5, 0.6) is 0 Å². The summed E-state index contributed by atoms with van der Waals surface area (Å²) in [4.78, 5) is 30.3. The Morgan fingerprint density at radius 3 is 2.47 bits per heavy atom. The van der Waals surface area contributed by atoms with Gasteiger partial charge in [-0.15, -0.1) is 0 Å². The lowest BCUT2D eigenvalue weighted by Gasteiger charge is -2.07. The summed E-state index contributed by atoms with van der Waals surface area (Å²) in [6, 6.07) is 25.4. The second-order valence-corrected chi connectivity index (χ2v) is 9.99. The van der Waals surface area contributed by atoms with E-state index in [1.165, 1.54) is 23.9 Å². The van der Waals surface area contributed by atoms with Crippen molar-refractivity contribution in [3.05, 3.63) is 111 Å². The number of nitro benzene ring substituents is 1. The third-order valence-corrected chi connectivity index (χ3v) is 6.82. The van der Waals surface area contributed by atoms with Crippen LogP contribution in [-0.2, 0) is 0 Å². The molecule has 2 aromatic heterocycles. The number of aryl methyl sites for hydroxylation is 1. The van der Waals surface area contributed by atoms with E-state index in [4.69, 9.17) is 0 Å². The summed E-state index contributed by atoms with van der Waals surface area (Å²) in [6.45, 7) is 1.89. The molecular weight excluding hydrogens is 542 g/mol. The van der Waals surface area contributed by atoms with Crippen molar-refractivity contribution in [1.29, 1.82) is 0 Å². The SMILES string of the molecule is Cc1cc(-c2ccccc2)nc2cc(C(=O)Nc3cc(Sc4ccc(Br)cc4)cc([N+](=O)[O-])c3)nn12. The van der Waals surface area contributed by atoms with Crippen LogP contribution in [0.15, 0.2) is 99.2 Å². The Hall–Kier alpha value is -4.02. The number of amides is 1. The zero-order valence-corrected chi connectivity index (χ0v) is 21.3. The number of benzene rings is 3. The third kappa shape index (κ3) is 5.14. The lowest BCUT2D eigenvalue weighted by molar-refractivity contribution is -0.385. The van der Waals surface area contributed by atoms with Crippen molar-refractivity contribution in [3.63, 3.8) is 0 Å². The van der Waals surface area contributed by atoms with Crippen LogP contribution in [0.1, 0.15) is 16.2 Å². The van der Waals surface area contributed by atoms with E-state index in [0.717, 1.165) is 26.3 Å². The molecule has 0 spiro atoms. The molecule has 0 aliphatic heterocycles. The third-order valence-electron chi connectivity index (χ3n) is 5.32. The van der Waals surface area contributed by atoms with E-state index in [2.05, 4.69) is 31.3 Å². The lowest BCUT2D eigenvalue weighted by atomic mass is 10.1. The average molecular weight is 560 g/mol. The van der Waals surface area contributed by atoms with Crippen LogP contribution in [0.3, 0.4) is 0 Å². The maximum Gasteiger partial charge on any atom is 0.276 e. The number of anilines is 1. The number of rotatable bonds is 6. The van der Waals surface area contributed by atoms with Crippen LogP contribution in [0.25, 0.3) is 16.9 Å². The topological polar surface area (TPSA) is 102 Å². The molecular formula is C26H18BrN5O3S. The molecule has 0 atom stereocenters. The van der Waals surface area contributed by atoms with E-state index >= 15 is 0 Å². The molecule has 0 aliphatic carbocycles. The van der Waals surface area contributed by atoms with E-state index < -0.39 is 10.8 Å². The molecule has 5 aromatic rings. The summed E-state index contributed by atoms with van der Waals surface area (Å²) in [7, 11) is 0. The number of hydrogen-bond donors (Lipinski definition) is 1. The van der Waals surface area contributed by atoms with Crippen molar-refractivity contribution in [1.82, 2.24) is 14.6 Å². The Labute approximate surface area is 218 Å². The van der Waals surface area contributed by atoms with Gasteiger partial charge in [0.1, 0.15) is 0 Å². The summed E-state index contributed by atoms with van der Waals surface area (Å²) in [6.07, 6.45) is 0. The monoisotopic (exact) mass is 559 g/mol. The highest BCUT2D eigenvalue weighted by atomic mass is 79.9. The van der Waals surface area contributed by atoms with Gasteiger partial charge in [0.25, 0.3) is 11.6 Å². The molecule has 10 heteroatoms. The first kappa shape index (κ1) is 23.7. The molecule has 0 unspecified atom stereocenters. The van der Waals surface area contributed by atoms with Gasteiger partial charge in [-0.05, 0) is 43.3 Å². The molecule has 1 N–H and O–H groups in total. The van der Waals surface area contributed by atoms with Gasteiger partial charge in [-0.2, -0.15) is 5.10 Å². The van der Waals surface area contributed by atoms with E-state index in [1.807, 2.05) is 67.6 Å². The number of nitro groups is 1. The number of nitrogens with one attached hydrogen (secondary N) is 1. The summed E-state index contributed by atoms with van der Waals surface area (Å²) >= 11 is 4.76. The summed E-state index contributed by atoms with van der Waals surface area (Å²) < 4.78 is 2.54. The molecule has 0 saturated heterocycles. The Morgan fingerprint density at radius 1 is 1.00 bits per heavy atom. The minimum atomic E-state index is -0.485. The number of aromatic nitrogens is 3. The molecule has 5 rings (SSSR count). The first-order valence-corrected chi connectivity index (χ1v) is 12.4.